The van der Waals surface area contributed by atoms with Gasteiger partial charge >= 0.3 is 0 Å². The topological polar surface area (TPSA) is 27.1 Å². The molecule has 0 unspecified atom stereocenters. The van der Waals surface area contributed by atoms with Gasteiger partial charge in [-0.25, -0.2) is 0 Å². The van der Waals surface area contributed by atoms with Gasteiger partial charge in [0.25, 0.3) is 0 Å². The molecule has 0 saturated heterocycles. The highest BCUT2D eigenvalue weighted by Gasteiger charge is 2.25. The van der Waals surface area contributed by atoms with Gasteiger partial charge in [0, 0.05) is 6.20 Å². The van der Waals surface area contributed by atoms with Crippen molar-refractivity contribution in [3.63, 3.8) is 0 Å². The van der Waals surface area contributed by atoms with Gasteiger partial charge in [0.05, 0.1) is 17.8 Å². The second-order valence-corrected chi connectivity index (χ2v) is 4.21. The normalized spacial score (nSPS) is 11.4. The lowest BCUT2D eigenvalue weighted by Gasteiger charge is -2.26. The summed E-state index contributed by atoms with van der Waals surface area (Å²) in [5.74, 6) is 0.683. The van der Waals surface area contributed by atoms with Crippen molar-refractivity contribution < 1.29 is 4.74 Å². The second kappa shape index (κ2) is 3.54. The number of allylic oxidation sites excluding steroid dienone is 1. The minimum Gasteiger partial charge on any atom is -0.499 e. The molecule has 0 saturated carbocycles. The lowest BCUT2D eigenvalue weighted by Crippen LogP contribution is -2.29. The first kappa shape index (κ1) is 10.3. The average Bonchev–Trinajstić information content (AvgIpc) is 2.50. The molecule has 4 heteroatoms. The van der Waals surface area contributed by atoms with Gasteiger partial charge in [-0.2, -0.15) is 5.10 Å². The Morgan fingerprint density at radius 1 is 1.69 bits per heavy atom. The average molecular weight is 245 g/mol. The Hall–Kier alpha value is -0.770. The molecule has 0 aliphatic carbocycles. The summed E-state index contributed by atoms with van der Waals surface area (Å²) in [6.07, 6.45) is 3.63. The number of halogens is 1. The Morgan fingerprint density at radius 2 is 2.31 bits per heavy atom. The third kappa shape index (κ3) is 1.94. The molecule has 13 heavy (non-hydrogen) atoms. The minimum absolute atomic E-state index is 0.319. The monoisotopic (exact) mass is 244 g/mol. The van der Waals surface area contributed by atoms with E-state index in [0.29, 0.717) is 5.76 Å². The standard InChI is InChI=1S/C9H13BrN2O/c1-7(13-4)9(2,3)12-6-8(10)5-11-12/h5-6H,1H2,2-4H3. The van der Waals surface area contributed by atoms with Crippen LogP contribution in [0.15, 0.2) is 29.2 Å². The largest absolute Gasteiger partial charge is 0.499 e. The van der Waals surface area contributed by atoms with Gasteiger partial charge < -0.3 is 4.74 Å². The summed E-state index contributed by atoms with van der Waals surface area (Å²) in [6, 6.07) is 0. The number of ether oxygens (including phenoxy) is 1. The highest BCUT2D eigenvalue weighted by atomic mass is 79.9. The molecule has 0 aliphatic rings. The number of rotatable bonds is 3. The van der Waals surface area contributed by atoms with Crippen molar-refractivity contribution in [3.8, 4) is 0 Å². The smallest absolute Gasteiger partial charge is 0.115 e. The zero-order valence-electron chi connectivity index (χ0n) is 8.04. The summed E-state index contributed by atoms with van der Waals surface area (Å²) >= 11 is 3.34. The fourth-order valence-corrected chi connectivity index (χ4v) is 1.27. The first-order chi connectivity index (χ1) is 5.98. The van der Waals surface area contributed by atoms with E-state index in [1.807, 2.05) is 24.7 Å². The summed E-state index contributed by atoms with van der Waals surface area (Å²) in [6.45, 7) is 7.83. The molecular formula is C9H13BrN2O. The van der Waals surface area contributed by atoms with Gasteiger partial charge in [0.15, 0.2) is 0 Å². The lowest BCUT2D eigenvalue weighted by molar-refractivity contribution is 0.188. The molecule has 72 valence electrons. The molecule has 3 nitrogen and oxygen atoms in total. The Morgan fingerprint density at radius 3 is 2.69 bits per heavy atom. The summed E-state index contributed by atoms with van der Waals surface area (Å²) in [7, 11) is 1.61. The van der Waals surface area contributed by atoms with Crippen molar-refractivity contribution in [1.29, 1.82) is 0 Å². The molecule has 1 heterocycles. The Kier molecular flexibility index (Phi) is 2.81. The molecule has 0 N–H and O–H groups in total. The van der Waals surface area contributed by atoms with Gasteiger partial charge in [0.2, 0.25) is 0 Å². The number of methoxy groups -OCH3 is 1. The van der Waals surface area contributed by atoms with Crippen LogP contribution in [0.2, 0.25) is 0 Å². The van der Waals surface area contributed by atoms with Crippen molar-refractivity contribution in [2.24, 2.45) is 0 Å². The number of nitrogens with zero attached hydrogens (tertiary/aromatic N) is 2. The fraction of sp³-hybridized carbons (Fsp3) is 0.444. The van der Waals surface area contributed by atoms with Gasteiger partial charge in [0.1, 0.15) is 11.3 Å². The van der Waals surface area contributed by atoms with E-state index in [4.69, 9.17) is 4.74 Å². The summed E-state index contributed by atoms with van der Waals surface area (Å²) in [5, 5.41) is 4.19. The Balaban J connectivity index is 2.99. The fourth-order valence-electron chi connectivity index (χ4n) is 0.984. The van der Waals surface area contributed by atoms with Crippen molar-refractivity contribution in [2.75, 3.05) is 7.11 Å². The first-order valence-electron chi connectivity index (χ1n) is 3.92. The predicted molar refractivity (Wildman–Crippen MR) is 55.4 cm³/mol. The molecule has 0 aromatic carbocycles. The molecule has 0 bridgehead atoms. The van der Waals surface area contributed by atoms with Crippen LogP contribution < -0.4 is 0 Å². The molecular weight excluding hydrogens is 232 g/mol. The van der Waals surface area contributed by atoms with Crippen LogP contribution in [0.5, 0.6) is 0 Å². The highest BCUT2D eigenvalue weighted by Crippen LogP contribution is 2.24. The van der Waals surface area contributed by atoms with Crippen LogP contribution in [0.3, 0.4) is 0 Å². The summed E-state index contributed by atoms with van der Waals surface area (Å²) < 4.78 is 7.87. The Labute approximate surface area is 86.5 Å². The van der Waals surface area contributed by atoms with E-state index in [1.165, 1.54) is 0 Å². The zero-order chi connectivity index (χ0) is 10.1. The second-order valence-electron chi connectivity index (χ2n) is 3.29. The zero-order valence-corrected chi connectivity index (χ0v) is 9.63. The van der Waals surface area contributed by atoms with Gasteiger partial charge in [-0.1, -0.05) is 6.58 Å². The van der Waals surface area contributed by atoms with Crippen LogP contribution in [0.1, 0.15) is 13.8 Å². The van der Waals surface area contributed by atoms with E-state index in [9.17, 15) is 0 Å². The van der Waals surface area contributed by atoms with E-state index in [-0.39, 0.29) is 5.54 Å². The van der Waals surface area contributed by atoms with Crippen LogP contribution in [-0.4, -0.2) is 16.9 Å². The van der Waals surface area contributed by atoms with Crippen molar-refractivity contribution >= 4 is 15.9 Å². The third-order valence-electron chi connectivity index (χ3n) is 2.05. The molecule has 1 aromatic heterocycles. The first-order valence-corrected chi connectivity index (χ1v) is 4.72. The molecule has 0 spiro atoms. The molecule has 1 rings (SSSR count). The summed E-state index contributed by atoms with van der Waals surface area (Å²) in [4.78, 5) is 0. The predicted octanol–water partition coefficient (Wildman–Crippen LogP) is 2.54. The number of hydrogen-bond donors (Lipinski definition) is 0. The maximum atomic E-state index is 5.11. The van der Waals surface area contributed by atoms with E-state index in [0.717, 1.165) is 4.47 Å². The third-order valence-corrected chi connectivity index (χ3v) is 2.46. The Bertz CT molecular complexity index is 317. The van der Waals surface area contributed by atoms with Crippen LogP contribution in [0.4, 0.5) is 0 Å². The maximum absolute atomic E-state index is 5.11. The van der Waals surface area contributed by atoms with Gasteiger partial charge in [-0.05, 0) is 29.8 Å². The lowest BCUT2D eigenvalue weighted by atomic mass is 10.0. The van der Waals surface area contributed by atoms with Gasteiger partial charge in [-0.3, -0.25) is 4.68 Å². The maximum Gasteiger partial charge on any atom is 0.115 e. The van der Waals surface area contributed by atoms with Crippen molar-refractivity contribution in [2.45, 2.75) is 19.4 Å². The molecule has 0 aliphatic heterocycles. The van der Waals surface area contributed by atoms with Crippen LogP contribution >= 0.6 is 15.9 Å². The highest BCUT2D eigenvalue weighted by molar-refractivity contribution is 9.10. The SMILES string of the molecule is C=C(OC)C(C)(C)n1cc(Br)cn1. The summed E-state index contributed by atoms with van der Waals surface area (Å²) in [5.41, 5.74) is -0.319. The van der Waals surface area contributed by atoms with E-state index in [1.54, 1.807) is 13.3 Å². The number of aromatic nitrogens is 2. The van der Waals surface area contributed by atoms with Crippen molar-refractivity contribution in [3.05, 3.63) is 29.2 Å². The number of hydrogen-bond acceptors (Lipinski definition) is 2. The van der Waals surface area contributed by atoms with Crippen molar-refractivity contribution in [1.82, 2.24) is 9.78 Å². The minimum atomic E-state index is -0.319. The quantitative estimate of drug-likeness (QED) is 0.765. The van der Waals surface area contributed by atoms with E-state index >= 15 is 0 Å². The molecule has 1 aromatic rings. The van der Waals surface area contributed by atoms with Crippen LogP contribution in [0, 0.1) is 0 Å². The van der Waals surface area contributed by atoms with Crippen LogP contribution in [0.25, 0.3) is 0 Å². The van der Waals surface area contributed by atoms with E-state index in [2.05, 4.69) is 27.6 Å². The molecule has 0 amide bonds. The van der Waals surface area contributed by atoms with Crippen LogP contribution in [-0.2, 0) is 10.3 Å². The molecule has 0 radical (unpaired) electrons. The van der Waals surface area contributed by atoms with E-state index < -0.39 is 0 Å². The molecule has 0 fully saturated rings. The van der Waals surface area contributed by atoms with Gasteiger partial charge in [-0.15, -0.1) is 0 Å². The molecule has 0 atom stereocenters.